The first-order valence-electron chi connectivity index (χ1n) is 6.57. The van der Waals surface area contributed by atoms with Crippen LogP contribution in [-0.4, -0.2) is 19.6 Å². The van der Waals surface area contributed by atoms with Gasteiger partial charge in [0.2, 0.25) is 0 Å². The molecule has 3 rings (SSSR count). The van der Waals surface area contributed by atoms with E-state index in [1.165, 1.54) is 23.7 Å². The van der Waals surface area contributed by atoms with Crippen LogP contribution < -0.4 is 10.9 Å². The van der Waals surface area contributed by atoms with Crippen molar-refractivity contribution in [1.82, 2.24) is 19.6 Å². The van der Waals surface area contributed by atoms with Crippen LogP contribution in [0.25, 0.3) is 0 Å². The van der Waals surface area contributed by atoms with Gasteiger partial charge in [-0.05, 0) is 25.7 Å². The van der Waals surface area contributed by atoms with Gasteiger partial charge in [0.1, 0.15) is 5.69 Å². The van der Waals surface area contributed by atoms with Crippen molar-refractivity contribution >= 4 is 23.0 Å². The van der Waals surface area contributed by atoms with Gasteiger partial charge in [-0.2, -0.15) is 10.2 Å². The molecule has 0 amide bonds. The van der Waals surface area contributed by atoms with E-state index in [1.807, 2.05) is 20.2 Å². The fourth-order valence-electron chi connectivity index (χ4n) is 2.11. The molecule has 1 aliphatic carbocycles. The average molecular weight is 294 g/mol. The van der Waals surface area contributed by atoms with Crippen molar-refractivity contribution in [2.45, 2.75) is 26.3 Å². The van der Waals surface area contributed by atoms with Gasteiger partial charge in [-0.3, -0.25) is 9.48 Å². The quantitative estimate of drug-likeness (QED) is 0.937. The summed E-state index contributed by atoms with van der Waals surface area (Å²) >= 11 is 6.10. The molecular formula is C13H16ClN5O. The Labute approximate surface area is 121 Å². The lowest BCUT2D eigenvalue weighted by atomic mass is 10.3. The van der Waals surface area contributed by atoms with Crippen LogP contribution in [0.4, 0.5) is 11.4 Å². The smallest absolute Gasteiger partial charge is 0.291 e. The number of rotatable bonds is 4. The molecule has 0 aliphatic heterocycles. The monoisotopic (exact) mass is 293 g/mol. The zero-order valence-electron chi connectivity index (χ0n) is 11.4. The highest BCUT2D eigenvalue weighted by Gasteiger charge is 2.23. The summed E-state index contributed by atoms with van der Waals surface area (Å²) < 4.78 is 3.17. The van der Waals surface area contributed by atoms with Gasteiger partial charge >= 0.3 is 0 Å². The van der Waals surface area contributed by atoms with Crippen molar-refractivity contribution in [2.75, 3.05) is 5.32 Å². The Hall–Kier alpha value is -1.82. The first-order chi connectivity index (χ1) is 9.54. The van der Waals surface area contributed by atoms with Crippen LogP contribution in [0.15, 0.2) is 17.2 Å². The second-order valence-corrected chi connectivity index (χ2v) is 5.63. The third-order valence-corrected chi connectivity index (χ3v) is 3.69. The lowest BCUT2D eigenvalue weighted by Gasteiger charge is -2.09. The highest BCUT2D eigenvalue weighted by atomic mass is 35.5. The molecule has 0 radical (unpaired) electrons. The molecule has 1 N–H and O–H groups in total. The van der Waals surface area contributed by atoms with Crippen LogP contribution >= 0.6 is 11.6 Å². The molecule has 0 saturated heterocycles. The third kappa shape index (κ3) is 2.56. The summed E-state index contributed by atoms with van der Waals surface area (Å²) in [5.74, 6) is 0.578. The van der Waals surface area contributed by atoms with Crippen LogP contribution in [0, 0.1) is 12.8 Å². The molecule has 1 aliphatic rings. The Morgan fingerprint density at radius 1 is 1.50 bits per heavy atom. The van der Waals surface area contributed by atoms with Gasteiger partial charge in [-0.1, -0.05) is 11.6 Å². The number of aromatic nitrogens is 4. The number of hydrogen-bond donors (Lipinski definition) is 1. The van der Waals surface area contributed by atoms with E-state index >= 15 is 0 Å². The standard InChI is InChI=1S/C13H16ClN5O/c1-8-11(7-18(2)17-8)16-12-10(14)5-15-19(13(12)20)6-9-3-4-9/h5,7,9,16H,3-4,6H2,1-2H3. The van der Waals surface area contributed by atoms with Crippen LogP contribution in [-0.2, 0) is 13.6 Å². The summed E-state index contributed by atoms with van der Waals surface area (Å²) in [6.45, 7) is 2.54. The maximum Gasteiger partial charge on any atom is 0.291 e. The normalized spacial score (nSPS) is 14.6. The predicted molar refractivity (Wildman–Crippen MR) is 77.5 cm³/mol. The molecular weight excluding hydrogens is 278 g/mol. The van der Waals surface area contributed by atoms with Crippen LogP contribution in [0.1, 0.15) is 18.5 Å². The van der Waals surface area contributed by atoms with Crippen molar-refractivity contribution in [1.29, 1.82) is 0 Å². The molecule has 1 saturated carbocycles. The number of hydrogen-bond acceptors (Lipinski definition) is 4. The van der Waals surface area contributed by atoms with Gasteiger partial charge in [-0.15, -0.1) is 0 Å². The topological polar surface area (TPSA) is 64.7 Å². The maximum atomic E-state index is 12.4. The molecule has 6 nitrogen and oxygen atoms in total. The zero-order valence-corrected chi connectivity index (χ0v) is 12.2. The van der Waals surface area contributed by atoms with Crippen LogP contribution in [0.2, 0.25) is 5.02 Å². The van der Waals surface area contributed by atoms with E-state index in [0.29, 0.717) is 23.2 Å². The molecule has 0 unspecified atom stereocenters. The summed E-state index contributed by atoms with van der Waals surface area (Å²) in [5, 5.41) is 11.7. The van der Waals surface area contributed by atoms with Crippen LogP contribution in [0.5, 0.6) is 0 Å². The Kier molecular flexibility index (Phi) is 3.25. The van der Waals surface area contributed by atoms with E-state index in [1.54, 1.807) is 4.68 Å². The molecule has 1 fully saturated rings. The van der Waals surface area contributed by atoms with Gasteiger partial charge in [-0.25, -0.2) is 4.68 Å². The van der Waals surface area contributed by atoms with E-state index < -0.39 is 0 Å². The maximum absolute atomic E-state index is 12.4. The van der Waals surface area contributed by atoms with Crippen LogP contribution in [0.3, 0.4) is 0 Å². The molecule has 106 valence electrons. The van der Waals surface area contributed by atoms with Gasteiger partial charge in [0, 0.05) is 19.8 Å². The zero-order chi connectivity index (χ0) is 14.3. The Bertz CT molecular complexity index is 701. The van der Waals surface area contributed by atoms with E-state index in [4.69, 9.17) is 11.6 Å². The van der Waals surface area contributed by atoms with Crippen molar-refractivity contribution in [3.63, 3.8) is 0 Å². The Morgan fingerprint density at radius 2 is 2.25 bits per heavy atom. The second-order valence-electron chi connectivity index (χ2n) is 5.22. The summed E-state index contributed by atoms with van der Waals surface area (Å²) in [7, 11) is 1.83. The minimum Gasteiger partial charge on any atom is -0.347 e. The van der Waals surface area contributed by atoms with E-state index in [2.05, 4.69) is 15.5 Å². The van der Waals surface area contributed by atoms with E-state index in [0.717, 1.165) is 11.4 Å². The molecule has 0 aromatic carbocycles. The van der Waals surface area contributed by atoms with Crippen molar-refractivity contribution in [3.05, 3.63) is 33.5 Å². The number of aryl methyl sites for hydroxylation is 2. The number of nitrogens with zero attached hydrogens (tertiary/aromatic N) is 4. The van der Waals surface area contributed by atoms with Gasteiger partial charge in [0.25, 0.3) is 5.56 Å². The molecule has 2 heterocycles. The Morgan fingerprint density at radius 3 is 2.85 bits per heavy atom. The minimum absolute atomic E-state index is 0.187. The van der Waals surface area contributed by atoms with Crippen molar-refractivity contribution < 1.29 is 0 Å². The lowest BCUT2D eigenvalue weighted by Crippen LogP contribution is -2.26. The summed E-state index contributed by atoms with van der Waals surface area (Å²) in [4.78, 5) is 12.4. The number of nitrogens with one attached hydrogen (secondary N) is 1. The first kappa shape index (κ1) is 13.2. The highest BCUT2D eigenvalue weighted by Crippen LogP contribution is 2.30. The molecule has 20 heavy (non-hydrogen) atoms. The third-order valence-electron chi connectivity index (χ3n) is 3.40. The summed E-state index contributed by atoms with van der Waals surface area (Å²) in [5.41, 5.74) is 1.76. The molecule has 0 atom stereocenters. The second kappa shape index (κ2) is 4.94. The summed E-state index contributed by atoms with van der Waals surface area (Å²) in [6.07, 6.45) is 5.67. The van der Waals surface area contributed by atoms with Gasteiger partial charge in [0.05, 0.1) is 22.6 Å². The van der Waals surface area contributed by atoms with E-state index in [9.17, 15) is 4.79 Å². The average Bonchev–Trinajstić information content (AvgIpc) is 3.14. The molecule has 0 bridgehead atoms. The van der Waals surface area contributed by atoms with E-state index in [-0.39, 0.29) is 5.56 Å². The van der Waals surface area contributed by atoms with Crippen molar-refractivity contribution in [2.24, 2.45) is 13.0 Å². The lowest BCUT2D eigenvalue weighted by molar-refractivity contribution is 0.535. The predicted octanol–water partition coefficient (Wildman–Crippen LogP) is 2.09. The molecule has 2 aromatic heterocycles. The molecule has 0 spiro atoms. The first-order valence-corrected chi connectivity index (χ1v) is 6.95. The number of anilines is 2. The fourth-order valence-corrected chi connectivity index (χ4v) is 2.29. The number of halogens is 1. The SMILES string of the molecule is Cc1nn(C)cc1Nc1c(Cl)cnn(CC2CC2)c1=O. The van der Waals surface area contributed by atoms with Crippen molar-refractivity contribution in [3.8, 4) is 0 Å². The Balaban J connectivity index is 1.95. The minimum atomic E-state index is -0.187. The molecule has 7 heteroatoms. The fraction of sp³-hybridized carbons (Fsp3) is 0.462. The largest absolute Gasteiger partial charge is 0.347 e. The van der Waals surface area contributed by atoms with Gasteiger partial charge < -0.3 is 5.32 Å². The molecule has 2 aromatic rings. The van der Waals surface area contributed by atoms with Gasteiger partial charge in [0.15, 0.2) is 0 Å². The highest BCUT2D eigenvalue weighted by molar-refractivity contribution is 6.33. The summed E-state index contributed by atoms with van der Waals surface area (Å²) in [6, 6.07) is 0.